The SMILES string of the molecule is C[C@H]1CN[C@H](Cc2ccccc2)CN1C(=O)OCC1c2ccccc2-c2ccccc21. The molecule has 4 heteroatoms. The highest BCUT2D eigenvalue weighted by atomic mass is 16.6. The second kappa shape index (κ2) is 8.56. The van der Waals surface area contributed by atoms with Crippen LogP contribution in [0.1, 0.15) is 29.5 Å². The minimum Gasteiger partial charge on any atom is -0.448 e. The van der Waals surface area contributed by atoms with E-state index >= 15 is 0 Å². The molecule has 0 unspecified atom stereocenters. The molecule has 1 fully saturated rings. The van der Waals surface area contributed by atoms with Gasteiger partial charge in [0.1, 0.15) is 6.61 Å². The number of hydrogen-bond donors (Lipinski definition) is 1. The van der Waals surface area contributed by atoms with E-state index in [1.807, 2.05) is 11.0 Å². The number of ether oxygens (including phenoxy) is 1. The van der Waals surface area contributed by atoms with Crippen molar-refractivity contribution in [1.29, 1.82) is 0 Å². The van der Waals surface area contributed by atoms with Crippen LogP contribution in [0.15, 0.2) is 78.9 Å². The molecule has 1 N–H and O–H groups in total. The van der Waals surface area contributed by atoms with E-state index in [4.69, 9.17) is 4.74 Å². The minimum atomic E-state index is -0.214. The molecule has 31 heavy (non-hydrogen) atoms. The van der Waals surface area contributed by atoms with Gasteiger partial charge in [-0.2, -0.15) is 0 Å². The second-order valence-corrected chi connectivity index (χ2v) is 8.60. The molecule has 1 aliphatic heterocycles. The smallest absolute Gasteiger partial charge is 0.410 e. The average molecular weight is 413 g/mol. The lowest BCUT2D eigenvalue weighted by Gasteiger charge is -2.38. The summed E-state index contributed by atoms with van der Waals surface area (Å²) in [5.41, 5.74) is 6.26. The van der Waals surface area contributed by atoms with Gasteiger partial charge in [0.2, 0.25) is 0 Å². The Bertz CT molecular complexity index is 1020. The monoisotopic (exact) mass is 412 g/mol. The summed E-state index contributed by atoms with van der Waals surface area (Å²) in [6.07, 6.45) is 0.690. The highest BCUT2D eigenvalue weighted by Crippen LogP contribution is 2.44. The van der Waals surface area contributed by atoms with E-state index < -0.39 is 0 Å². The zero-order chi connectivity index (χ0) is 21.2. The molecule has 1 saturated heterocycles. The van der Waals surface area contributed by atoms with Crippen LogP contribution in [0.25, 0.3) is 11.1 Å². The summed E-state index contributed by atoms with van der Waals surface area (Å²) in [5, 5.41) is 3.58. The molecular weight excluding hydrogens is 384 g/mol. The molecule has 2 aliphatic rings. The van der Waals surface area contributed by atoms with Crippen LogP contribution in [0.3, 0.4) is 0 Å². The van der Waals surface area contributed by atoms with Gasteiger partial charge in [0.05, 0.1) is 0 Å². The van der Waals surface area contributed by atoms with E-state index in [9.17, 15) is 4.79 Å². The number of piperazine rings is 1. The molecule has 0 aromatic heterocycles. The summed E-state index contributed by atoms with van der Waals surface area (Å²) in [6, 6.07) is 27.6. The van der Waals surface area contributed by atoms with Crippen LogP contribution in [-0.2, 0) is 11.2 Å². The molecule has 3 aromatic carbocycles. The van der Waals surface area contributed by atoms with Gasteiger partial charge >= 0.3 is 6.09 Å². The van der Waals surface area contributed by atoms with Gasteiger partial charge in [0.25, 0.3) is 0 Å². The van der Waals surface area contributed by atoms with Gasteiger partial charge in [-0.25, -0.2) is 4.79 Å². The summed E-state index contributed by atoms with van der Waals surface area (Å²) in [7, 11) is 0. The first-order valence-corrected chi connectivity index (χ1v) is 11.1. The third-order valence-electron chi connectivity index (χ3n) is 6.55. The van der Waals surface area contributed by atoms with Crippen molar-refractivity contribution in [1.82, 2.24) is 10.2 Å². The van der Waals surface area contributed by atoms with Crippen LogP contribution in [0.5, 0.6) is 0 Å². The third-order valence-corrected chi connectivity index (χ3v) is 6.55. The normalized spacial score (nSPS) is 20.2. The molecule has 1 heterocycles. The maximum Gasteiger partial charge on any atom is 0.410 e. The van der Waals surface area contributed by atoms with Crippen LogP contribution in [0.4, 0.5) is 4.79 Å². The molecular formula is C27H28N2O2. The first-order chi connectivity index (χ1) is 15.2. The fourth-order valence-corrected chi connectivity index (χ4v) is 4.90. The van der Waals surface area contributed by atoms with Gasteiger partial charge in [0.15, 0.2) is 0 Å². The predicted octanol–water partition coefficient (Wildman–Crippen LogP) is 4.84. The van der Waals surface area contributed by atoms with Crippen molar-refractivity contribution >= 4 is 6.09 Å². The average Bonchev–Trinajstić information content (AvgIpc) is 3.13. The molecule has 0 radical (unpaired) electrons. The van der Waals surface area contributed by atoms with E-state index in [1.54, 1.807) is 0 Å². The summed E-state index contributed by atoms with van der Waals surface area (Å²) in [6.45, 7) is 3.88. The van der Waals surface area contributed by atoms with Gasteiger partial charge in [-0.3, -0.25) is 0 Å². The highest BCUT2D eigenvalue weighted by molar-refractivity contribution is 5.79. The van der Waals surface area contributed by atoms with E-state index in [-0.39, 0.29) is 24.1 Å². The van der Waals surface area contributed by atoms with Gasteiger partial charge < -0.3 is 15.0 Å². The van der Waals surface area contributed by atoms with Crippen LogP contribution in [-0.4, -0.2) is 42.8 Å². The summed E-state index contributed by atoms with van der Waals surface area (Å²) in [4.78, 5) is 14.9. The Morgan fingerprint density at radius 3 is 2.23 bits per heavy atom. The zero-order valence-electron chi connectivity index (χ0n) is 17.8. The largest absolute Gasteiger partial charge is 0.448 e. The number of nitrogens with one attached hydrogen (secondary N) is 1. The first kappa shape index (κ1) is 19.8. The Labute approximate surface area is 183 Å². The van der Waals surface area contributed by atoms with E-state index in [0.717, 1.165) is 13.0 Å². The van der Waals surface area contributed by atoms with Gasteiger partial charge in [-0.15, -0.1) is 0 Å². The molecule has 2 atom stereocenters. The van der Waals surface area contributed by atoms with Crippen molar-refractivity contribution in [3.05, 3.63) is 95.6 Å². The third kappa shape index (κ3) is 3.96. The number of carbonyl (C=O) groups is 1. The fourth-order valence-electron chi connectivity index (χ4n) is 4.90. The van der Waals surface area contributed by atoms with Gasteiger partial charge in [-0.05, 0) is 41.2 Å². The number of nitrogens with zero attached hydrogens (tertiary/aromatic N) is 1. The molecule has 1 aliphatic carbocycles. The van der Waals surface area contributed by atoms with Crippen LogP contribution in [0.2, 0.25) is 0 Å². The van der Waals surface area contributed by atoms with Crippen LogP contribution >= 0.6 is 0 Å². The molecule has 0 spiro atoms. The van der Waals surface area contributed by atoms with Crippen molar-refractivity contribution in [2.24, 2.45) is 0 Å². The number of benzene rings is 3. The highest BCUT2D eigenvalue weighted by Gasteiger charge is 2.32. The van der Waals surface area contributed by atoms with Gasteiger partial charge in [-0.1, -0.05) is 78.9 Å². The number of rotatable bonds is 4. The minimum absolute atomic E-state index is 0.0923. The van der Waals surface area contributed by atoms with Crippen molar-refractivity contribution in [2.75, 3.05) is 19.7 Å². The number of amides is 1. The van der Waals surface area contributed by atoms with Crippen molar-refractivity contribution in [3.8, 4) is 11.1 Å². The lowest BCUT2D eigenvalue weighted by Crippen LogP contribution is -2.58. The Hall–Kier alpha value is -3.11. The zero-order valence-corrected chi connectivity index (χ0v) is 17.8. The molecule has 0 bridgehead atoms. The Morgan fingerprint density at radius 1 is 0.935 bits per heavy atom. The number of fused-ring (bicyclic) bond motifs is 3. The van der Waals surface area contributed by atoms with E-state index in [1.165, 1.54) is 27.8 Å². The standard InChI is InChI=1S/C27H28N2O2/c1-19-16-28-21(15-20-9-3-2-4-10-20)17-29(19)27(30)31-18-26-24-13-7-5-11-22(24)23-12-6-8-14-25(23)26/h2-14,19,21,26,28H,15-18H2,1H3/t19-,21+/m0/s1. The Kier molecular flexibility index (Phi) is 5.47. The molecule has 158 valence electrons. The van der Waals surface area contributed by atoms with Crippen molar-refractivity contribution in [2.45, 2.75) is 31.3 Å². The number of carbonyl (C=O) groups excluding carboxylic acids is 1. The lowest BCUT2D eigenvalue weighted by molar-refractivity contribution is 0.0701. The second-order valence-electron chi connectivity index (χ2n) is 8.60. The molecule has 0 saturated carbocycles. The maximum atomic E-state index is 13.1. The predicted molar refractivity (Wildman–Crippen MR) is 123 cm³/mol. The fraction of sp³-hybridized carbons (Fsp3) is 0.296. The summed E-state index contributed by atoms with van der Waals surface area (Å²) >= 11 is 0. The molecule has 4 nitrogen and oxygen atoms in total. The first-order valence-electron chi connectivity index (χ1n) is 11.1. The Morgan fingerprint density at radius 2 is 1.55 bits per heavy atom. The maximum absolute atomic E-state index is 13.1. The summed E-state index contributed by atoms with van der Waals surface area (Å²) in [5.74, 6) is 0.0923. The molecule has 1 amide bonds. The van der Waals surface area contributed by atoms with Crippen LogP contribution < -0.4 is 5.32 Å². The quantitative estimate of drug-likeness (QED) is 0.667. The van der Waals surface area contributed by atoms with Crippen LogP contribution in [0, 0.1) is 0 Å². The molecule has 3 aromatic rings. The van der Waals surface area contributed by atoms with Crippen molar-refractivity contribution < 1.29 is 9.53 Å². The Balaban J connectivity index is 1.27. The molecule has 5 rings (SSSR count). The van der Waals surface area contributed by atoms with E-state index in [2.05, 4.69) is 85.0 Å². The number of hydrogen-bond acceptors (Lipinski definition) is 3. The topological polar surface area (TPSA) is 41.6 Å². The lowest BCUT2D eigenvalue weighted by atomic mass is 9.98. The van der Waals surface area contributed by atoms with Gasteiger partial charge in [0, 0.05) is 31.1 Å². The van der Waals surface area contributed by atoms with Crippen molar-refractivity contribution in [3.63, 3.8) is 0 Å². The van der Waals surface area contributed by atoms with E-state index in [0.29, 0.717) is 13.2 Å². The summed E-state index contributed by atoms with van der Waals surface area (Å²) < 4.78 is 5.91.